The standard InChI is InChI=1S/C13H23ClNOP/c1-11(2)17(14,15,12(3)4)16-10-13-8-6-5-7-9-13/h5-9,11-12H,10,15H2,1-4H3. The van der Waals surface area contributed by atoms with Crippen LogP contribution >= 0.6 is 17.6 Å². The quantitative estimate of drug-likeness (QED) is 0.802. The van der Waals surface area contributed by atoms with E-state index in [2.05, 4.69) is 0 Å². The van der Waals surface area contributed by atoms with Gasteiger partial charge < -0.3 is 0 Å². The van der Waals surface area contributed by atoms with Crippen molar-refractivity contribution in [1.29, 1.82) is 0 Å². The molecule has 0 atom stereocenters. The predicted octanol–water partition coefficient (Wildman–Crippen LogP) is 4.52. The summed E-state index contributed by atoms with van der Waals surface area (Å²) in [4.78, 5) is 0. The van der Waals surface area contributed by atoms with Gasteiger partial charge in [-0.1, -0.05) is 0 Å². The van der Waals surface area contributed by atoms with Crippen LogP contribution in [0.3, 0.4) is 0 Å². The first-order valence-electron chi connectivity index (χ1n) is 5.99. The molecule has 0 aromatic heterocycles. The Hall–Kier alpha value is -0.140. The van der Waals surface area contributed by atoms with Gasteiger partial charge in [-0.3, -0.25) is 0 Å². The van der Waals surface area contributed by atoms with E-state index in [9.17, 15) is 0 Å². The maximum atomic E-state index is 6.70. The van der Waals surface area contributed by atoms with Crippen LogP contribution in [0.4, 0.5) is 0 Å². The Morgan fingerprint density at radius 2 is 1.59 bits per heavy atom. The summed E-state index contributed by atoms with van der Waals surface area (Å²) in [6.07, 6.45) is -3.09. The molecular weight excluding hydrogens is 253 g/mol. The summed E-state index contributed by atoms with van der Waals surface area (Å²) in [6, 6.07) is 10.0. The molecule has 0 aliphatic carbocycles. The van der Waals surface area contributed by atoms with E-state index in [1.807, 2.05) is 58.0 Å². The van der Waals surface area contributed by atoms with Crippen LogP contribution in [0.15, 0.2) is 30.3 Å². The Morgan fingerprint density at radius 3 is 2.00 bits per heavy atom. The van der Waals surface area contributed by atoms with Crippen LogP contribution in [0, 0.1) is 0 Å². The second-order valence-electron chi connectivity index (χ2n) is 5.07. The van der Waals surface area contributed by atoms with Crippen LogP contribution in [0.1, 0.15) is 33.3 Å². The summed E-state index contributed by atoms with van der Waals surface area (Å²) in [7, 11) is 0. The van der Waals surface area contributed by atoms with Crippen molar-refractivity contribution in [3.05, 3.63) is 35.9 Å². The van der Waals surface area contributed by atoms with Crippen molar-refractivity contribution in [3.63, 3.8) is 0 Å². The number of hydrogen-bond acceptors (Lipinski definition) is 2. The molecular formula is C13H23ClNOP. The number of benzene rings is 1. The SMILES string of the molecule is CC(C)P(N)(Cl)(OCc1ccccc1)C(C)C. The van der Waals surface area contributed by atoms with E-state index in [1.165, 1.54) is 0 Å². The minimum atomic E-state index is -3.09. The molecule has 2 N–H and O–H groups in total. The summed E-state index contributed by atoms with van der Waals surface area (Å²) in [5.74, 6) is 0. The predicted molar refractivity (Wildman–Crippen MR) is 78.5 cm³/mol. The fourth-order valence-corrected chi connectivity index (χ4v) is 4.04. The zero-order chi connectivity index (χ0) is 13.1. The van der Waals surface area contributed by atoms with Crippen molar-refractivity contribution >= 4 is 17.6 Å². The first-order chi connectivity index (χ1) is 7.76. The van der Waals surface area contributed by atoms with Gasteiger partial charge in [0.1, 0.15) is 0 Å². The molecule has 0 aliphatic rings. The van der Waals surface area contributed by atoms with Gasteiger partial charge in [-0.2, -0.15) is 0 Å². The van der Waals surface area contributed by atoms with Gasteiger partial charge in [0.2, 0.25) is 0 Å². The van der Waals surface area contributed by atoms with Crippen LogP contribution in [0.25, 0.3) is 0 Å². The Bertz CT molecular complexity index is 353. The van der Waals surface area contributed by atoms with E-state index >= 15 is 0 Å². The summed E-state index contributed by atoms with van der Waals surface area (Å²) in [5, 5.41) is 0. The molecule has 0 saturated heterocycles. The Morgan fingerprint density at radius 1 is 1.12 bits per heavy atom. The maximum absolute atomic E-state index is 6.70. The molecule has 0 radical (unpaired) electrons. The molecule has 2 nitrogen and oxygen atoms in total. The van der Waals surface area contributed by atoms with Crippen LogP contribution in [-0.4, -0.2) is 11.3 Å². The van der Waals surface area contributed by atoms with Gasteiger partial charge in [-0.25, -0.2) is 0 Å². The molecule has 4 heteroatoms. The van der Waals surface area contributed by atoms with E-state index in [1.54, 1.807) is 0 Å². The molecule has 0 bridgehead atoms. The Labute approximate surface area is 109 Å². The van der Waals surface area contributed by atoms with E-state index in [0.29, 0.717) is 6.61 Å². The van der Waals surface area contributed by atoms with E-state index in [0.717, 1.165) is 5.56 Å². The van der Waals surface area contributed by atoms with Gasteiger partial charge in [0.15, 0.2) is 0 Å². The third-order valence-electron chi connectivity index (χ3n) is 3.35. The van der Waals surface area contributed by atoms with Crippen molar-refractivity contribution in [3.8, 4) is 0 Å². The van der Waals surface area contributed by atoms with Crippen molar-refractivity contribution < 1.29 is 4.52 Å². The fourth-order valence-electron chi connectivity index (χ4n) is 1.68. The van der Waals surface area contributed by atoms with Gasteiger partial charge in [0.05, 0.1) is 0 Å². The molecule has 0 fully saturated rings. The average molecular weight is 276 g/mol. The number of nitrogens with two attached hydrogens (primary N) is 1. The van der Waals surface area contributed by atoms with Crippen molar-refractivity contribution in [2.45, 2.75) is 45.6 Å². The number of rotatable bonds is 5. The molecule has 0 aliphatic heterocycles. The van der Waals surface area contributed by atoms with E-state index in [4.69, 9.17) is 21.3 Å². The van der Waals surface area contributed by atoms with E-state index in [-0.39, 0.29) is 11.3 Å². The van der Waals surface area contributed by atoms with Gasteiger partial charge in [0, 0.05) is 0 Å². The van der Waals surface area contributed by atoms with Gasteiger partial charge in [-0.15, -0.1) is 0 Å². The van der Waals surface area contributed by atoms with Crippen molar-refractivity contribution in [2.75, 3.05) is 0 Å². The minimum absolute atomic E-state index is 0.145. The number of halogens is 1. The second kappa shape index (κ2) is 5.24. The molecule has 1 rings (SSSR count). The van der Waals surface area contributed by atoms with Gasteiger partial charge in [0.25, 0.3) is 0 Å². The summed E-state index contributed by atoms with van der Waals surface area (Å²) >= 11 is 6.70. The van der Waals surface area contributed by atoms with Crippen LogP contribution in [-0.2, 0) is 11.1 Å². The molecule has 0 heterocycles. The van der Waals surface area contributed by atoms with Gasteiger partial charge >= 0.3 is 109 Å². The average Bonchev–Trinajstić information content (AvgIpc) is 2.28. The molecule has 1 aromatic rings. The zero-order valence-corrected chi connectivity index (χ0v) is 12.7. The zero-order valence-electron chi connectivity index (χ0n) is 11.1. The Balaban J connectivity index is 2.83. The first-order valence-corrected chi connectivity index (χ1v) is 9.26. The summed E-state index contributed by atoms with van der Waals surface area (Å²) in [5.41, 5.74) is 7.84. The molecule has 0 spiro atoms. The first kappa shape index (κ1) is 14.9. The van der Waals surface area contributed by atoms with Crippen molar-refractivity contribution in [2.24, 2.45) is 5.50 Å². The third-order valence-corrected chi connectivity index (χ3v) is 10.7. The van der Waals surface area contributed by atoms with Crippen LogP contribution in [0.2, 0.25) is 0 Å². The topological polar surface area (TPSA) is 35.2 Å². The van der Waals surface area contributed by atoms with Gasteiger partial charge in [-0.05, 0) is 0 Å². The molecule has 0 amide bonds. The summed E-state index contributed by atoms with van der Waals surface area (Å²) < 4.78 is 6.00. The third kappa shape index (κ3) is 3.20. The molecule has 0 unspecified atom stereocenters. The molecule has 17 heavy (non-hydrogen) atoms. The Kier molecular flexibility index (Phi) is 4.60. The molecule has 98 valence electrons. The normalized spacial score (nSPS) is 14.9. The second-order valence-corrected chi connectivity index (χ2v) is 11.8. The monoisotopic (exact) mass is 275 g/mol. The number of hydrogen-bond donors (Lipinski definition) is 1. The van der Waals surface area contributed by atoms with Crippen LogP contribution in [0.5, 0.6) is 0 Å². The van der Waals surface area contributed by atoms with E-state index < -0.39 is 6.33 Å². The van der Waals surface area contributed by atoms with Crippen molar-refractivity contribution in [1.82, 2.24) is 0 Å². The van der Waals surface area contributed by atoms with Crippen LogP contribution < -0.4 is 5.50 Å². The molecule has 1 aromatic carbocycles. The summed E-state index contributed by atoms with van der Waals surface area (Å²) in [6.45, 7) is 8.63. The fraction of sp³-hybridized carbons (Fsp3) is 0.538. The molecule has 0 saturated carbocycles.